The summed E-state index contributed by atoms with van der Waals surface area (Å²) in [5, 5.41) is 2.59. The Hall–Kier alpha value is -2.69. The van der Waals surface area contributed by atoms with Crippen LogP contribution in [0.25, 0.3) is 0 Å². The first-order valence-electron chi connectivity index (χ1n) is 7.97. The summed E-state index contributed by atoms with van der Waals surface area (Å²) in [6.07, 6.45) is 0.801. The van der Waals surface area contributed by atoms with Crippen molar-refractivity contribution in [1.29, 1.82) is 0 Å². The Bertz CT molecular complexity index is 775. The zero-order valence-corrected chi connectivity index (χ0v) is 13.5. The topological polar surface area (TPSA) is 49.4 Å². The Morgan fingerprint density at radius 2 is 1.75 bits per heavy atom. The van der Waals surface area contributed by atoms with Crippen molar-refractivity contribution in [2.45, 2.75) is 25.9 Å². The van der Waals surface area contributed by atoms with Crippen LogP contribution in [0.15, 0.2) is 48.5 Å². The molecule has 1 heterocycles. The average molecular weight is 326 g/mol. The molecule has 124 valence electrons. The van der Waals surface area contributed by atoms with Crippen LogP contribution in [0.5, 0.6) is 0 Å². The highest BCUT2D eigenvalue weighted by Gasteiger charge is 2.26. The zero-order valence-electron chi connectivity index (χ0n) is 13.5. The maximum absolute atomic E-state index is 13.7. The fourth-order valence-electron chi connectivity index (χ4n) is 2.94. The van der Waals surface area contributed by atoms with Crippen LogP contribution in [0.1, 0.15) is 28.4 Å². The average Bonchev–Trinajstić information content (AvgIpc) is 2.60. The highest BCUT2D eigenvalue weighted by Crippen LogP contribution is 2.19. The first kappa shape index (κ1) is 16.2. The lowest BCUT2D eigenvalue weighted by molar-refractivity contribution is -0.133. The van der Waals surface area contributed by atoms with Crippen molar-refractivity contribution in [1.82, 2.24) is 10.2 Å². The van der Waals surface area contributed by atoms with Gasteiger partial charge in [0.15, 0.2) is 0 Å². The Balaban J connectivity index is 1.65. The molecular formula is C19H19FN2O2. The Kier molecular flexibility index (Phi) is 4.60. The molecule has 0 saturated carbocycles. The van der Waals surface area contributed by atoms with Crippen molar-refractivity contribution < 1.29 is 14.0 Å². The van der Waals surface area contributed by atoms with Crippen molar-refractivity contribution in [2.75, 3.05) is 6.54 Å². The molecule has 1 aliphatic heterocycles. The normalized spacial score (nSPS) is 14.7. The van der Waals surface area contributed by atoms with Crippen LogP contribution in [0.2, 0.25) is 0 Å². The molecule has 2 aromatic carbocycles. The molecule has 2 amide bonds. The number of rotatable bonds is 3. The number of amides is 2. The Labute approximate surface area is 140 Å². The second kappa shape index (κ2) is 6.83. The molecule has 5 heteroatoms. The molecule has 0 radical (unpaired) electrons. The molecule has 24 heavy (non-hydrogen) atoms. The van der Waals surface area contributed by atoms with Crippen LogP contribution in [0, 0.1) is 5.82 Å². The number of nitrogens with one attached hydrogen (secondary N) is 1. The monoisotopic (exact) mass is 326 g/mol. The number of carbonyl (C=O) groups is 2. The zero-order chi connectivity index (χ0) is 17.1. The molecule has 1 atom stereocenters. The number of hydrogen-bond acceptors (Lipinski definition) is 2. The standard InChI is InChI=1S/C19H19FN2O2/c1-13(21-18(23)16-8-4-5-9-17(16)20)19(24)22-11-10-14-6-2-3-7-15(14)12-22/h2-9,13H,10-12H2,1H3,(H,21,23)/t13-/m1/s1. The van der Waals surface area contributed by atoms with Gasteiger partial charge in [-0.15, -0.1) is 0 Å². The molecule has 0 unspecified atom stereocenters. The first-order chi connectivity index (χ1) is 11.6. The molecule has 1 N–H and O–H groups in total. The number of halogens is 1. The van der Waals surface area contributed by atoms with Crippen LogP contribution >= 0.6 is 0 Å². The largest absolute Gasteiger partial charge is 0.340 e. The van der Waals surface area contributed by atoms with Gasteiger partial charge in [-0.25, -0.2) is 4.39 Å². The molecule has 0 fully saturated rings. The minimum absolute atomic E-state index is 0.0545. The van der Waals surface area contributed by atoms with E-state index in [1.807, 2.05) is 18.2 Å². The quantitative estimate of drug-likeness (QED) is 0.942. The van der Waals surface area contributed by atoms with E-state index in [1.54, 1.807) is 17.9 Å². The summed E-state index contributed by atoms with van der Waals surface area (Å²) < 4.78 is 13.7. The first-order valence-corrected chi connectivity index (χ1v) is 7.97. The summed E-state index contributed by atoms with van der Waals surface area (Å²) >= 11 is 0. The van der Waals surface area contributed by atoms with Gasteiger partial charge in [0, 0.05) is 13.1 Å². The summed E-state index contributed by atoms with van der Waals surface area (Å²) in [5.41, 5.74) is 2.33. The lowest BCUT2D eigenvalue weighted by Crippen LogP contribution is -2.48. The van der Waals surface area contributed by atoms with E-state index in [-0.39, 0.29) is 11.5 Å². The number of hydrogen-bond donors (Lipinski definition) is 1. The van der Waals surface area contributed by atoms with E-state index < -0.39 is 17.8 Å². The second-order valence-corrected chi connectivity index (χ2v) is 5.95. The third-order valence-electron chi connectivity index (χ3n) is 4.28. The predicted molar refractivity (Wildman–Crippen MR) is 88.9 cm³/mol. The highest BCUT2D eigenvalue weighted by atomic mass is 19.1. The van der Waals surface area contributed by atoms with Gasteiger partial charge in [-0.2, -0.15) is 0 Å². The minimum Gasteiger partial charge on any atom is -0.340 e. The summed E-state index contributed by atoms with van der Waals surface area (Å²) in [6, 6.07) is 13.1. The Morgan fingerprint density at radius 3 is 2.50 bits per heavy atom. The van der Waals surface area contributed by atoms with Crippen LogP contribution in [0.4, 0.5) is 4.39 Å². The lowest BCUT2D eigenvalue weighted by atomic mass is 9.99. The van der Waals surface area contributed by atoms with Crippen LogP contribution in [-0.4, -0.2) is 29.3 Å². The lowest BCUT2D eigenvalue weighted by Gasteiger charge is -2.31. The third-order valence-corrected chi connectivity index (χ3v) is 4.28. The number of fused-ring (bicyclic) bond motifs is 1. The summed E-state index contributed by atoms with van der Waals surface area (Å²) in [7, 11) is 0. The molecule has 0 aromatic heterocycles. The minimum atomic E-state index is -0.706. The van der Waals surface area contributed by atoms with E-state index in [4.69, 9.17) is 0 Å². The van der Waals surface area contributed by atoms with E-state index >= 15 is 0 Å². The van der Waals surface area contributed by atoms with Gasteiger partial charge in [0.2, 0.25) is 5.91 Å². The number of nitrogens with zero attached hydrogens (tertiary/aromatic N) is 1. The van der Waals surface area contributed by atoms with Gasteiger partial charge < -0.3 is 10.2 Å². The van der Waals surface area contributed by atoms with Gasteiger partial charge in [-0.1, -0.05) is 36.4 Å². The fourth-order valence-corrected chi connectivity index (χ4v) is 2.94. The van der Waals surface area contributed by atoms with E-state index in [1.165, 1.54) is 23.8 Å². The maximum Gasteiger partial charge on any atom is 0.254 e. The molecule has 0 saturated heterocycles. The van der Waals surface area contributed by atoms with Gasteiger partial charge in [0.25, 0.3) is 5.91 Å². The summed E-state index contributed by atoms with van der Waals surface area (Å²) in [6.45, 7) is 2.78. The van der Waals surface area contributed by atoms with E-state index in [0.29, 0.717) is 13.1 Å². The van der Waals surface area contributed by atoms with Gasteiger partial charge in [-0.05, 0) is 36.6 Å². The smallest absolute Gasteiger partial charge is 0.254 e. The van der Waals surface area contributed by atoms with E-state index in [2.05, 4.69) is 11.4 Å². The van der Waals surface area contributed by atoms with Crippen LogP contribution < -0.4 is 5.32 Å². The van der Waals surface area contributed by atoms with Crippen molar-refractivity contribution in [2.24, 2.45) is 0 Å². The third kappa shape index (κ3) is 3.30. The Morgan fingerprint density at radius 1 is 1.08 bits per heavy atom. The van der Waals surface area contributed by atoms with Crippen molar-refractivity contribution in [3.8, 4) is 0 Å². The molecule has 0 spiro atoms. The number of carbonyl (C=O) groups excluding carboxylic acids is 2. The summed E-state index contributed by atoms with van der Waals surface area (Å²) in [5.74, 6) is -1.33. The van der Waals surface area contributed by atoms with Crippen LogP contribution in [0.3, 0.4) is 0 Å². The van der Waals surface area contributed by atoms with E-state index in [0.717, 1.165) is 12.0 Å². The molecular weight excluding hydrogens is 307 g/mol. The fraction of sp³-hybridized carbons (Fsp3) is 0.263. The SMILES string of the molecule is C[C@@H](NC(=O)c1ccccc1F)C(=O)N1CCc2ccccc2C1. The van der Waals surface area contributed by atoms with Gasteiger partial charge in [-0.3, -0.25) is 9.59 Å². The van der Waals surface area contributed by atoms with Crippen molar-refractivity contribution in [3.05, 3.63) is 71.0 Å². The molecule has 4 nitrogen and oxygen atoms in total. The van der Waals surface area contributed by atoms with E-state index in [9.17, 15) is 14.0 Å². The van der Waals surface area contributed by atoms with Gasteiger partial charge in [0.1, 0.15) is 11.9 Å². The molecule has 2 aromatic rings. The van der Waals surface area contributed by atoms with Gasteiger partial charge >= 0.3 is 0 Å². The van der Waals surface area contributed by atoms with Crippen molar-refractivity contribution >= 4 is 11.8 Å². The highest BCUT2D eigenvalue weighted by molar-refractivity contribution is 5.97. The van der Waals surface area contributed by atoms with Crippen LogP contribution in [-0.2, 0) is 17.8 Å². The molecule has 0 bridgehead atoms. The number of benzene rings is 2. The molecule has 0 aliphatic carbocycles. The molecule has 3 rings (SSSR count). The summed E-state index contributed by atoms with van der Waals surface area (Å²) in [4.78, 5) is 26.4. The maximum atomic E-state index is 13.7. The second-order valence-electron chi connectivity index (χ2n) is 5.95. The predicted octanol–water partition coefficient (Wildman–Crippen LogP) is 2.53. The van der Waals surface area contributed by atoms with Crippen molar-refractivity contribution in [3.63, 3.8) is 0 Å². The van der Waals surface area contributed by atoms with Gasteiger partial charge in [0.05, 0.1) is 5.56 Å². The molecule has 1 aliphatic rings.